The molecule has 1 aliphatic rings. The third kappa shape index (κ3) is 2.88. The van der Waals surface area contributed by atoms with Gasteiger partial charge in [0.05, 0.1) is 6.61 Å². The number of carbonyl (C=O) groups excluding carboxylic acids is 1. The van der Waals surface area contributed by atoms with E-state index in [1.54, 1.807) is 7.11 Å². The van der Waals surface area contributed by atoms with Crippen LogP contribution in [0.25, 0.3) is 0 Å². The van der Waals surface area contributed by atoms with Crippen molar-refractivity contribution in [3.05, 3.63) is 29.3 Å². The monoisotopic (exact) mass is 276 g/mol. The summed E-state index contributed by atoms with van der Waals surface area (Å²) >= 11 is 0. The summed E-state index contributed by atoms with van der Waals surface area (Å²) in [6.07, 6.45) is 3.75. The van der Waals surface area contributed by atoms with Gasteiger partial charge in [-0.15, -0.1) is 0 Å². The molecule has 0 aliphatic carbocycles. The summed E-state index contributed by atoms with van der Waals surface area (Å²) in [4.78, 5) is 12.4. The molecule has 1 aromatic rings. The minimum Gasteiger partial charge on any atom is -0.493 e. The normalized spacial score (nSPS) is 13.9. The van der Waals surface area contributed by atoms with Crippen molar-refractivity contribution in [3.63, 3.8) is 0 Å². The SMILES string of the molecule is CCC(CC)(OC)C(=O)CCc1ccc2c(c1)CCO2. The number of ether oxygens (including phenoxy) is 2. The van der Waals surface area contributed by atoms with Crippen LogP contribution in [0.2, 0.25) is 0 Å². The highest BCUT2D eigenvalue weighted by molar-refractivity contribution is 5.87. The quantitative estimate of drug-likeness (QED) is 0.766. The highest BCUT2D eigenvalue weighted by atomic mass is 16.5. The van der Waals surface area contributed by atoms with Gasteiger partial charge in [-0.25, -0.2) is 0 Å². The molecule has 0 radical (unpaired) electrons. The first kappa shape index (κ1) is 15.0. The smallest absolute Gasteiger partial charge is 0.164 e. The van der Waals surface area contributed by atoms with Crippen LogP contribution in [0.3, 0.4) is 0 Å². The molecule has 3 heteroatoms. The maximum atomic E-state index is 12.4. The number of aryl methyl sites for hydroxylation is 1. The van der Waals surface area contributed by atoms with Gasteiger partial charge in [0.2, 0.25) is 0 Å². The number of Topliss-reactive ketones (excluding diaryl/α,β-unsaturated/α-hetero) is 1. The zero-order valence-corrected chi connectivity index (χ0v) is 12.7. The lowest BCUT2D eigenvalue weighted by molar-refractivity contribution is -0.142. The van der Waals surface area contributed by atoms with Crippen molar-refractivity contribution >= 4 is 5.78 Å². The third-order valence-corrected chi connectivity index (χ3v) is 4.44. The van der Waals surface area contributed by atoms with Crippen molar-refractivity contribution in [3.8, 4) is 5.75 Å². The fourth-order valence-corrected chi connectivity index (χ4v) is 2.93. The molecule has 0 spiro atoms. The maximum Gasteiger partial charge on any atom is 0.164 e. The lowest BCUT2D eigenvalue weighted by atomic mass is 9.88. The molecule has 0 unspecified atom stereocenters. The standard InChI is InChI=1S/C17H24O3/c1-4-17(5-2,19-3)16(18)9-7-13-6-8-15-14(12-13)10-11-20-15/h6,8,12H,4-5,7,9-11H2,1-3H3. The molecule has 0 aromatic heterocycles. The third-order valence-electron chi connectivity index (χ3n) is 4.44. The Labute approximate surface area is 121 Å². The minimum absolute atomic E-state index is 0.210. The Morgan fingerprint density at radius 2 is 2.10 bits per heavy atom. The predicted molar refractivity (Wildman–Crippen MR) is 79.3 cm³/mol. The summed E-state index contributed by atoms with van der Waals surface area (Å²) in [5, 5.41) is 0. The lowest BCUT2D eigenvalue weighted by Crippen LogP contribution is -2.39. The van der Waals surface area contributed by atoms with Crippen LogP contribution in [-0.2, 0) is 22.4 Å². The topological polar surface area (TPSA) is 35.5 Å². The Bertz CT molecular complexity index is 467. The van der Waals surface area contributed by atoms with Gasteiger partial charge < -0.3 is 9.47 Å². The van der Waals surface area contributed by atoms with Crippen LogP contribution in [0.5, 0.6) is 5.75 Å². The first-order valence-corrected chi connectivity index (χ1v) is 7.48. The molecule has 0 saturated carbocycles. The Morgan fingerprint density at radius 1 is 1.35 bits per heavy atom. The number of methoxy groups -OCH3 is 1. The second-order valence-corrected chi connectivity index (χ2v) is 5.37. The average molecular weight is 276 g/mol. The van der Waals surface area contributed by atoms with Crippen LogP contribution in [0.15, 0.2) is 18.2 Å². The number of hydrogen-bond acceptors (Lipinski definition) is 3. The van der Waals surface area contributed by atoms with E-state index in [9.17, 15) is 4.79 Å². The van der Waals surface area contributed by atoms with Crippen molar-refractivity contribution < 1.29 is 14.3 Å². The van der Waals surface area contributed by atoms with Crippen LogP contribution in [-0.4, -0.2) is 25.1 Å². The zero-order valence-electron chi connectivity index (χ0n) is 12.7. The summed E-state index contributed by atoms with van der Waals surface area (Å²) in [5.41, 5.74) is 1.87. The Balaban J connectivity index is 1.99. The van der Waals surface area contributed by atoms with Crippen LogP contribution in [0, 0.1) is 0 Å². The molecular formula is C17H24O3. The molecule has 0 N–H and O–H groups in total. The maximum absolute atomic E-state index is 12.4. The van der Waals surface area contributed by atoms with Gasteiger partial charge in [-0.1, -0.05) is 26.0 Å². The number of hydrogen-bond donors (Lipinski definition) is 0. The molecule has 20 heavy (non-hydrogen) atoms. The van der Waals surface area contributed by atoms with Crippen molar-refractivity contribution in [2.75, 3.05) is 13.7 Å². The molecule has 2 rings (SSSR count). The van der Waals surface area contributed by atoms with E-state index < -0.39 is 5.60 Å². The summed E-state index contributed by atoms with van der Waals surface area (Å²) in [6, 6.07) is 6.25. The van der Waals surface area contributed by atoms with E-state index in [4.69, 9.17) is 9.47 Å². The van der Waals surface area contributed by atoms with E-state index >= 15 is 0 Å². The number of ketones is 1. The van der Waals surface area contributed by atoms with Gasteiger partial charge in [-0.05, 0) is 36.5 Å². The molecule has 110 valence electrons. The molecular weight excluding hydrogens is 252 g/mol. The van der Waals surface area contributed by atoms with E-state index in [-0.39, 0.29) is 5.78 Å². The molecule has 1 aliphatic heterocycles. The van der Waals surface area contributed by atoms with Gasteiger partial charge in [0, 0.05) is 20.0 Å². The van der Waals surface area contributed by atoms with Crippen molar-refractivity contribution in [1.82, 2.24) is 0 Å². The van der Waals surface area contributed by atoms with Crippen molar-refractivity contribution in [2.24, 2.45) is 0 Å². The summed E-state index contributed by atoms with van der Waals surface area (Å²) < 4.78 is 11.0. The molecule has 0 saturated heterocycles. The Morgan fingerprint density at radius 3 is 2.75 bits per heavy atom. The molecule has 0 atom stereocenters. The number of carbonyl (C=O) groups is 1. The van der Waals surface area contributed by atoms with Crippen LogP contribution < -0.4 is 4.74 Å². The molecule has 1 heterocycles. The second kappa shape index (κ2) is 6.40. The Kier molecular flexibility index (Phi) is 4.81. The fourth-order valence-electron chi connectivity index (χ4n) is 2.93. The zero-order chi connectivity index (χ0) is 14.6. The van der Waals surface area contributed by atoms with Crippen LogP contribution >= 0.6 is 0 Å². The van der Waals surface area contributed by atoms with E-state index in [1.807, 2.05) is 19.9 Å². The fraction of sp³-hybridized carbons (Fsp3) is 0.588. The van der Waals surface area contributed by atoms with Crippen molar-refractivity contribution in [2.45, 2.75) is 51.6 Å². The van der Waals surface area contributed by atoms with Crippen LogP contribution in [0.1, 0.15) is 44.2 Å². The second-order valence-electron chi connectivity index (χ2n) is 5.37. The van der Waals surface area contributed by atoms with Gasteiger partial charge in [-0.2, -0.15) is 0 Å². The largest absolute Gasteiger partial charge is 0.493 e. The van der Waals surface area contributed by atoms with Gasteiger partial charge in [0.1, 0.15) is 11.4 Å². The van der Waals surface area contributed by atoms with E-state index in [1.165, 1.54) is 11.1 Å². The average Bonchev–Trinajstić information content (AvgIpc) is 2.95. The molecule has 0 amide bonds. The molecule has 0 bridgehead atoms. The van der Waals surface area contributed by atoms with E-state index in [0.717, 1.165) is 38.0 Å². The summed E-state index contributed by atoms with van der Waals surface area (Å²) in [5.74, 6) is 1.20. The van der Waals surface area contributed by atoms with E-state index in [0.29, 0.717) is 6.42 Å². The van der Waals surface area contributed by atoms with Gasteiger partial charge >= 0.3 is 0 Å². The van der Waals surface area contributed by atoms with Gasteiger partial charge in [0.25, 0.3) is 0 Å². The van der Waals surface area contributed by atoms with Gasteiger partial charge in [0.15, 0.2) is 5.78 Å². The highest BCUT2D eigenvalue weighted by Crippen LogP contribution is 2.27. The number of rotatable bonds is 7. The van der Waals surface area contributed by atoms with Gasteiger partial charge in [-0.3, -0.25) is 4.79 Å². The number of benzene rings is 1. The predicted octanol–water partition coefficient (Wildman–Crippen LogP) is 3.33. The van der Waals surface area contributed by atoms with Crippen molar-refractivity contribution in [1.29, 1.82) is 0 Å². The van der Waals surface area contributed by atoms with Crippen LogP contribution in [0.4, 0.5) is 0 Å². The summed E-state index contributed by atoms with van der Waals surface area (Å²) in [6.45, 7) is 4.80. The molecule has 3 nitrogen and oxygen atoms in total. The number of fused-ring (bicyclic) bond motifs is 1. The Hall–Kier alpha value is -1.35. The lowest BCUT2D eigenvalue weighted by Gasteiger charge is -2.28. The summed E-state index contributed by atoms with van der Waals surface area (Å²) in [7, 11) is 1.64. The highest BCUT2D eigenvalue weighted by Gasteiger charge is 2.33. The van der Waals surface area contributed by atoms with E-state index in [2.05, 4.69) is 12.1 Å². The minimum atomic E-state index is -0.597. The first-order chi connectivity index (χ1) is 9.65. The first-order valence-electron chi connectivity index (χ1n) is 7.48. The molecule has 1 aromatic carbocycles. The molecule has 0 fully saturated rings.